The molecule has 1 amide bonds. The Bertz CT molecular complexity index is 571. The van der Waals surface area contributed by atoms with Gasteiger partial charge in [-0.15, -0.1) is 0 Å². The van der Waals surface area contributed by atoms with E-state index in [1.165, 1.54) is 6.07 Å². The molecule has 1 aromatic rings. The Kier molecular flexibility index (Phi) is 5.87. The fraction of sp³-hybridized carbons (Fsp3) is 0.500. The zero-order valence-electron chi connectivity index (χ0n) is 12.4. The van der Waals surface area contributed by atoms with Crippen LogP contribution < -0.4 is 5.32 Å². The first-order chi connectivity index (χ1) is 10.6. The molecular weight excluding hydrogens is 285 g/mol. The number of halogens is 1. The molecule has 1 aliphatic heterocycles. The van der Waals surface area contributed by atoms with Crippen molar-refractivity contribution in [1.82, 2.24) is 10.2 Å². The highest BCUT2D eigenvalue weighted by atomic mass is 19.1. The van der Waals surface area contributed by atoms with Crippen LogP contribution in [-0.4, -0.2) is 48.2 Å². The van der Waals surface area contributed by atoms with Gasteiger partial charge in [-0.2, -0.15) is 5.26 Å². The van der Waals surface area contributed by atoms with E-state index in [2.05, 4.69) is 10.2 Å². The molecule has 0 aliphatic carbocycles. The fourth-order valence-electron chi connectivity index (χ4n) is 2.76. The Hall–Kier alpha value is -1.97. The number of aliphatic hydroxyl groups is 1. The number of hydrogen-bond donors (Lipinski definition) is 2. The predicted molar refractivity (Wildman–Crippen MR) is 79.7 cm³/mol. The van der Waals surface area contributed by atoms with Crippen molar-refractivity contribution in [3.63, 3.8) is 0 Å². The minimum Gasteiger partial charge on any atom is -0.395 e. The number of piperidine rings is 1. The molecule has 1 heterocycles. The third-order valence-electron chi connectivity index (χ3n) is 3.93. The first-order valence-electron chi connectivity index (χ1n) is 7.48. The van der Waals surface area contributed by atoms with E-state index in [1.807, 2.05) is 6.07 Å². The van der Waals surface area contributed by atoms with Crippen LogP contribution in [0.3, 0.4) is 0 Å². The Morgan fingerprint density at radius 3 is 3.00 bits per heavy atom. The summed E-state index contributed by atoms with van der Waals surface area (Å²) in [6.45, 7) is 2.12. The van der Waals surface area contributed by atoms with Crippen LogP contribution in [0.1, 0.15) is 35.2 Å². The highest BCUT2D eigenvalue weighted by Crippen LogP contribution is 2.15. The largest absolute Gasteiger partial charge is 0.395 e. The van der Waals surface area contributed by atoms with E-state index in [1.54, 1.807) is 0 Å². The molecule has 0 bridgehead atoms. The summed E-state index contributed by atoms with van der Waals surface area (Å²) in [4.78, 5) is 14.2. The normalized spacial score (nSPS) is 18.7. The summed E-state index contributed by atoms with van der Waals surface area (Å²) in [5.74, 6) is -0.992. The maximum absolute atomic E-state index is 13.3. The summed E-state index contributed by atoms with van der Waals surface area (Å²) in [6.07, 6.45) is 3.19. The number of nitrogens with one attached hydrogen (secondary N) is 1. The van der Waals surface area contributed by atoms with Crippen LogP contribution in [0, 0.1) is 17.1 Å². The number of carbonyl (C=O) groups is 1. The standard InChI is InChI=1S/C16H20FN3O2/c17-14-8-12(10-18)7-13(9-14)16(22)19-4-6-20-5-2-1-3-15(20)11-21/h7-9,15,21H,1-6,11H2,(H,19,22)/t15-/m0/s1. The molecule has 22 heavy (non-hydrogen) atoms. The lowest BCUT2D eigenvalue weighted by molar-refractivity contribution is 0.0849. The molecule has 5 nitrogen and oxygen atoms in total. The lowest BCUT2D eigenvalue weighted by Gasteiger charge is -2.34. The summed E-state index contributed by atoms with van der Waals surface area (Å²) >= 11 is 0. The zero-order valence-corrected chi connectivity index (χ0v) is 12.4. The van der Waals surface area contributed by atoms with Crippen molar-refractivity contribution < 1.29 is 14.3 Å². The van der Waals surface area contributed by atoms with Crippen LogP contribution in [0.5, 0.6) is 0 Å². The summed E-state index contributed by atoms with van der Waals surface area (Å²) < 4.78 is 13.3. The SMILES string of the molecule is N#Cc1cc(F)cc(C(=O)NCCN2CCCC[C@H]2CO)c1. The van der Waals surface area contributed by atoms with Gasteiger partial charge in [0.1, 0.15) is 5.82 Å². The molecule has 1 aromatic carbocycles. The summed E-state index contributed by atoms with van der Waals surface area (Å²) in [5, 5.41) is 20.9. The molecule has 1 aliphatic rings. The first kappa shape index (κ1) is 16.4. The number of nitriles is 1. The summed E-state index contributed by atoms with van der Waals surface area (Å²) in [5.41, 5.74) is 0.274. The lowest BCUT2D eigenvalue weighted by Crippen LogP contribution is -2.45. The molecule has 0 aromatic heterocycles. The highest BCUT2D eigenvalue weighted by molar-refractivity contribution is 5.94. The van der Waals surface area contributed by atoms with Crippen molar-refractivity contribution in [1.29, 1.82) is 5.26 Å². The van der Waals surface area contributed by atoms with Crippen molar-refractivity contribution in [2.24, 2.45) is 0 Å². The van der Waals surface area contributed by atoms with Gasteiger partial charge in [0.2, 0.25) is 0 Å². The van der Waals surface area contributed by atoms with Gasteiger partial charge in [0.25, 0.3) is 5.91 Å². The summed E-state index contributed by atoms with van der Waals surface area (Å²) in [6, 6.07) is 5.57. The molecule has 118 valence electrons. The number of likely N-dealkylation sites (tertiary alicyclic amines) is 1. The van der Waals surface area contributed by atoms with Crippen LogP contribution >= 0.6 is 0 Å². The van der Waals surface area contributed by atoms with Crippen molar-refractivity contribution >= 4 is 5.91 Å². The quantitative estimate of drug-likeness (QED) is 0.859. The number of benzene rings is 1. The van der Waals surface area contributed by atoms with Crippen molar-refractivity contribution in [3.05, 3.63) is 35.1 Å². The van der Waals surface area contributed by atoms with Crippen LogP contribution in [0.2, 0.25) is 0 Å². The van der Waals surface area contributed by atoms with Crippen LogP contribution in [0.15, 0.2) is 18.2 Å². The van der Waals surface area contributed by atoms with Gasteiger partial charge >= 0.3 is 0 Å². The van der Waals surface area contributed by atoms with Gasteiger partial charge in [-0.05, 0) is 37.6 Å². The van der Waals surface area contributed by atoms with E-state index in [4.69, 9.17) is 5.26 Å². The molecule has 1 fully saturated rings. The minimum absolute atomic E-state index is 0.126. The molecular formula is C16H20FN3O2. The molecule has 2 N–H and O–H groups in total. The average molecular weight is 305 g/mol. The number of aliphatic hydroxyl groups excluding tert-OH is 1. The van der Waals surface area contributed by atoms with E-state index in [0.717, 1.165) is 37.9 Å². The predicted octanol–water partition coefficient (Wildman–Crippen LogP) is 1.27. The molecule has 2 rings (SSSR count). The van der Waals surface area contributed by atoms with Gasteiger partial charge in [0, 0.05) is 24.7 Å². The number of carbonyl (C=O) groups excluding carboxylic acids is 1. The smallest absolute Gasteiger partial charge is 0.251 e. The molecule has 0 saturated carbocycles. The van der Waals surface area contributed by atoms with E-state index >= 15 is 0 Å². The Balaban J connectivity index is 1.87. The zero-order chi connectivity index (χ0) is 15.9. The summed E-state index contributed by atoms with van der Waals surface area (Å²) in [7, 11) is 0. The van der Waals surface area contributed by atoms with Crippen LogP contribution in [-0.2, 0) is 0 Å². The third-order valence-corrected chi connectivity index (χ3v) is 3.93. The Labute approximate surface area is 129 Å². The maximum Gasteiger partial charge on any atom is 0.251 e. The first-order valence-corrected chi connectivity index (χ1v) is 7.48. The number of amides is 1. The molecule has 1 atom stereocenters. The lowest BCUT2D eigenvalue weighted by atomic mass is 10.0. The van der Waals surface area contributed by atoms with Crippen LogP contribution in [0.4, 0.5) is 4.39 Å². The molecule has 0 unspecified atom stereocenters. The van der Waals surface area contributed by atoms with Gasteiger partial charge in [-0.3, -0.25) is 9.69 Å². The van der Waals surface area contributed by atoms with E-state index in [9.17, 15) is 14.3 Å². The molecule has 6 heteroatoms. The number of rotatable bonds is 5. The highest BCUT2D eigenvalue weighted by Gasteiger charge is 2.21. The molecule has 1 saturated heterocycles. The minimum atomic E-state index is -0.597. The van der Waals surface area contributed by atoms with E-state index in [-0.39, 0.29) is 23.8 Å². The van der Waals surface area contributed by atoms with Gasteiger partial charge in [0.05, 0.1) is 18.2 Å². The maximum atomic E-state index is 13.3. The fourth-order valence-corrected chi connectivity index (χ4v) is 2.76. The monoisotopic (exact) mass is 305 g/mol. The van der Waals surface area contributed by atoms with Gasteiger partial charge in [0.15, 0.2) is 0 Å². The Morgan fingerprint density at radius 2 is 2.27 bits per heavy atom. The Morgan fingerprint density at radius 1 is 1.45 bits per heavy atom. The average Bonchev–Trinajstić information content (AvgIpc) is 2.54. The number of nitrogens with zero attached hydrogens (tertiary/aromatic N) is 2. The van der Waals surface area contributed by atoms with Crippen molar-refractivity contribution in [2.45, 2.75) is 25.3 Å². The van der Waals surface area contributed by atoms with Gasteiger partial charge in [-0.1, -0.05) is 6.42 Å². The second-order valence-electron chi connectivity index (χ2n) is 5.46. The van der Waals surface area contributed by atoms with Crippen molar-refractivity contribution in [3.8, 4) is 6.07 Å². The molecule has 0 radical (unpaired) electrons. The van der Waals surface area contributed by atoms with E-state index < -0.39 is 11.7 Å². The van der Waals surface area contributed by atoms with Gasteiger partial charge in [-0.25, -0.2) is 4.39 Å². The molecule has 0 spiro atoms. The third kappa shape index (κ3) is 4.26. The van der Waals surface area contributed by atoms with Crippen LogP contribution in [0.25, 0.3) is 0 Å². The topological polar surface area (TPSA) is 76.4 Å². The second-order valence-corrected chi connectivity index (χ2v) is 5.46. The second kappa shape index (κ2) is 7.87. The number of hydrogen-bond acceptors (Lipinski definition) is 4. The van der Waals surface area contributed by atoms with Gasteiger partial charge < -0.3 is 10.4 Å². The van der Waals surface area contributed by atoms with Crippen molar-refractivity contribution in [2.75, 3.05) is 26.2 Å². The van der Waals surface area contributed by atoms with E-state index in [0.29, 0.717) is 13.1 Å².